The molecule has 1 amide bonds. The number of nitrogens with two attached hydrogens (primary N) is 1. The lowest BCUT2D eigenvalue weighted by molar-refractivity contribution is -0.364. The first-order valence-corrected chi connectivity index (χ1v) is 9.37. The summed E-state index contributed by atoms with van der Waals surface area (Å²) < 4.78 is 2.80. The van der Waals surface area contributed by atoms with E-state index in [4.69, 9.17) is 39.5 Å². The Kier molecular flexibility index (Phi) is 9.35. The zero-order chi connectivity index (χ0) is 25.3. The molecule has 1 heterocycles. The first-order chi connectivity index (χ1) is 13.6. The average molecular weight is 511 g/mol. The molecule has 1 saturated heterocycles. The van der Waals surface area contributed by atoms with Crippen LogP contribution < -0.4 is 5.73 Å². The number of halogens is 3. The Morgan fingerprint density at radius 3 is 1.48 bits per heavy atom. The molecule has 7 N–H and O–H groups in total. The highest BCUT2D eigenvalue weighted by Crippen LogP contribution is 2.46. The van der Waals surface area contributed by atoms with Gasteiger partial charge in [-0.3, -0.25) is 24.0 Å². The molecule has 0 bridgehead atoms. The van der Waals surface area contributed by atoms with E-state index in [2.05, 4.69) is 5.73 Å². The van der Waals surface area contributed by atoms with Crippen LogP contribution in [0.25, 0.3) is 0 Å². The lowest BCUT2D eigenvalue weighted by Crippen LogP contribution is -2.87. The summed E-state index contributed by atoms with van der Waals surface area (Å²) in [6.07, 6.45) is -7.16. The number of Topliss-reactive ketones (excluding diaryl/α,β-unsaturated/α-hetero) is 4. The van der Waals surface area contributed by atoms with Crippen molar-refractivity contribution < 1.29 is 54.2 Å². The third kappa shape index (κ3) is 4.92. The number of amides is 1. The van der Waals surface area contributed by atoms with Gasteiger partial charge in [0.15, 0.2) is 35.0 Å². The molecule has 0 spiro atoms. The fraction of sp³-hybridized carbons (Fsp3) is 0.688. The second-order valence-electron chi connectivity index (χ2n) is 6.74. The van der Waals surface area contributed by atoms with Crippen LogP contribution in [-0.2, 0) is 28.7 Å². The van der Waals surface area contributed by atoms with E-state index >= 15 is 0 Å². The van der Waals surface area contributed by atoms with Crippen LogP contribution in [0.4, 0.5) is 0 Å². The number of rotatable bonds is 5. The minimum atomic E-state index is -3.57. The van der Waals surface area contributed by atoms with Crippen LogP contribution >= 0.6 is 34.8 Å². The molecular weight excluding hydrogens is 489 g/mol. The largest absolute Gasteiger partial charge is 0.382 e. The van der Waals surface area contributed by atoms with Crippen molar-refractivity contribution in [1.29, 1.82) is 0 Å². The maximum Gasteiger partial charge on any atom is 0.269 e. The van der Waals surface area contributed by atoms with Gasteiger partial charge < -0.3 is 36.0 Å². The van der Waals surface area contributed by atoms with E-state index in [1.54, 1.807) is 0 Å². The van der Waals surface area contributed by atoms with Crippen molar-refractivity contribution in [3.05, 3.63) is 0 Å². The quantitative estimate of drug-likeness (QED) is 0.211. The molecule has 31 heavy (non-hydrogen) atoms. The van der Waals surface area contributed by atoms with Crippen LogP contribution in [-0.4, -0.2) is 93.7 Å². The van der Waals surface area contributed by atoms with E-state index in [0.717, 1.165) is 6.92 Å². The predicted molar refractivity (Wildman–Crippen MR) is 104 cm³/mol. The third-order valence-electron chi connectivity index (χ3n) is 4.71. The number of primary amides is 1. The van der Waals surface area contributed by atoms with Gasteiger partial charge in [-0.05, 0) is 27.7 Å². The highest BCUT2D eigenvalue weighted by molar-refractivity contribution is 6.76. The van der Waals surface area contributed by atoms with Crippen molar-refractivity contribution >= 4 is 63.8 Å². The Morgan fingerprint density at radius 2 is 1.26 bits per heavy atom. The molecule has 6 atom stereocenters. The molecule has 0 aromatic rings. The summed E-state index contributed by atoms with van der Waals surface area (Å²) in [7, 11) is 0. The van der Waals surface area contributed by atoms with Crippen molar-refractivity contribution in [2.75, 3.05) is 0 Å². The normalized spacial score (nSPS) is 34.1. The maximum absolute atomic E-state index is 12.0. The topological polar surface area (TPSA) is 222 Å². The lowest BCUT2D eigenvalue weighted by atomic mass is 9.60. The van der Waals surface area contributed by atoms with E-state index in [0.29, 0.717) is 20.8 Å². The van der Waals surface area contributed by atoms with Crippen LogP contribution in [0.3, 0.4) is 0 Å². The number of hydrogen-bond donors (Lipinski definition) is 6. The van der Waals surface area contributed by atoms with Gasteiger partial charge in [0.05, 0.1) is 0 Å². The number of carbonyl (C=O) groups is 5. The van der Waals surface area contributed by atoms with Crippen molar-refractivity contribution in [3.63, 3.8) is 0 Å². The van der Waals surface area contributed by atoms with E-state index in [1.807, 2.05) is 0 Å². The Balaban J connectivity index is 0.00000110. The molecule has 15 heteroatoms. The maximum atomic E-state index is 12.0. The summed E-state index contributed by atoms with van der Waals surface area (Å²) in [4.78, 5) is 57.1. The monoisotopic (exact) mass is 509 g/mol. The molecule has 0 aliphatic carbocycles. The van der Waals surface area contributed by atoms with E-state index in [9.17, 15) is 49.5 Å². The SMILES string of the molecule is CC(=O)C(O)[C@H]1O[C@H](O)[C@](O)(C(C)=O)[C@](O)(C(C)=O)[C@@]1(O)C(C)=O.NC(=O)C(Cl)(Cl)Cl. The Hall–Kier alpha value is -1.22. The molecule has 0 aromatic carbocycles. The summed E-state index contributed by atoms with van der Waals surface area (Å²) in [6, 6.07) is 0. The molecule has 1 rings (SSSR count). The summed E-state index contributed by atoms with van der Waals surface area (Å²) in [6.45, 7) is 2.88. The number of hydrogen-bond acceptors (Lipinski definition) is 11. The van der Waals surface area contributed by atoms with Gasteiger partial charge in [-0.2, -0.15) is 0 Å². The van der Waals surface area contributed by atoms with Crippen molar-refractivity contribution in [2.24, 2.45) is 5.73 Å². The number of aliphatic hydroxyl groups is 5. The van der Waals surface area contributed by atoms with Crippen LogP contribution in [0.2, 0.25) is 0 Å². The molecular formula is C16H22Cl3NO11. The Labute approximate surface area is 190 Å². The van der Waals surface area contributed by atoms with Gasteiger partial charge in [-0.1, -0.05) is 34.8 Å². The number of ketones is 4. The van der Waals surface area contributed by atoms with Crippen LogP contribution in [0.1, 0.15) is 27.7 Å². The van der Waals surface area contributed by atoms with E-state index < -0.39 is 68.1 Å². The van der Waals surface area contributed by atoms with Crippen molar-refractivity contribution in [3.8, 4) is 0 Å². The smallest absolute Gasteiger partial charge is 0.269 e. The van der Waals surface area contributed by atoms with Crippen LogP contribution in [0.5, 0.6) is 0 Å². The molecule has 1 aliphatic heterocycles. The van der Waals surface area contributed by atoms with Gasteiger partial charge >= 0.3 is 0 Å². The Bertz CT molecular complexity index is 785. The molecule has 1 fully saturated rings. The molecule has 1 unspecified atom stereocenters. The lowest BCUT2D eigenvalue weighted by Gasteiger charge is -2.57. The molecule has 178 valence electrons. The molecule has 1 aliphatic rings. The first kappa shape index (κ1) is 29.8. The van der Waals surface area contributed by atoms with Gasteiger partial charge in [0.25, 0.3) is 9.70 Å². The molecule has 0 radical (unpaired) electrons. The van der Waals surface area contributed by atoms with Crippen molar-refractivity contribution in [1.82, 2.24) is 0 Å². The first-order valence-electron chi connectivity index (χ1n) is 8.23. The van der Waals surface area contributed by atoms with Gasteiger partial charge in [-0.15, -0.1) is 0 Å². The van der Waals surface area contributed by atoms with Gasteiger partial charge in [0, 0.05) is 0 Å². The zero-order valence-electron chi connectivity index (χ0n) is 16.6. The fourth-order valence-electron chi connectivity index (χ4n) is 2.95. The second kappa shape index (κ2) is 9.73. The average Bonchev–Trinajstić information content (AvgIpc) is 2.61. The molecule has 12 nitrogen and oxygen atoms in total. The summed E-state index contributed by atoms with van der Waals surface area (Å²) in [5, 5.41) is 51.8. The van der Waals surface area contributed by atoms with Crippen molar-refractivity contribution in [2.45, 2.75) is 66.8 Å². The van der Waals surface area contributed by atoms with E-state index in [1.165, 1.54) is 0 Å². The second-order valence-corrected chi connectivity index (χ2v) is 9.02. The minimum absolute atomic E-state index is 0.650. The van der Waals surface area contributed by atoms with Crippen LogP contribution in [0.15, 0.2) is 0 Å². The van der Waals surface area contributed by atoms with Crippen LogP contribution in [0, 0.1) is 0 Å². The fourth-order valence-corrected chi connectivity index (χ4v) is 2.95. The molecule has 0 saturated carbocycles. The number of carbonyl (C=O) groups excluding carboxylic acids is 5. The van der Waals surface area contributed by atoms with Gasteiger partial charge in [0.1, 0.15) is 12.2 Å². The number of ether oxygens (including phenoxy) is 1. The highest BCUT2D eigenvalue weighted by Gasteiger charge is 2.79. The van der Waals surface area contributed by atoms with E-state index in [-0.39, 0.29) is 0 Å². The third-order valence-corrected chi connectivity index (χ3v) is 5.27. The summed E-state index contributed by atoms with van der Waals surface area (Å²) >= 11 is 14.8. The minimum Gasteiger partial charge on any atom is -0.382 e. The molecule has 0 aromatic heterocycles. The van der Waals surface area contributed by atoms with Gasteiger partial charge in [0.2, 0.25) is 11.2 Å². The summed E-state index contributed by atoms with van der Waals surface area (Å²) in [5.41, 5.74) is -5.83. The predicted octanol–water partition coefficient (Wildman–Crippen LogP) is -2.54. The summed E-state index contributed by atoms with van der Waals surface area (Å²) in [5.74, 6) is -6.20. The zero-order valence-corrected chi connectivity index (χ0v) is 18.9. The number of alkyl halides is 3. The highest BCUT2D eigenvalue weighted by atomic mass is 35.6. The Morgan fingerprint density at radius 1 is 0.903 bits per heavy atom. The number of aliphatic hydroxyl groups excluding tert-OH is 2. The van der Waals surface area contributed by atoms with Gasteiger partial charge in [-0.25, -0.2) is 0 Å². The standard InChI is InChI=1S/C14H20O10.C2H2Cl3NO/c1-5(15)9(19)10-12(21,6(2)16)14(23,8(4)18)13(22,7(3)17)11(20)24-10;3-2(4,5)1(6)7/h9-11,19-23H,1-4H3;(H2,6,7)/t9?,10-,11+,12-,13-,14+;/m1./s1.